The highest BCUT2D eigenvalue weighted by molar-refractivity contribution is 7.19. The van der Waals surface area contributed by atoms with Gasteiger partial charge in [-0.1, -0.05) is 17.8 Å². The second kappa shape index (κ2) is 5.86. The van der Waals surface area contributed by atoms with E-state index in [1.54, 1.807) is 23.7 Å². The van der Waals surface area contributed by atoms with E-state index in [9.17, 15) is 4.79 Å². The number of nitrogens with zero attached hydrogens (tertiary/aromatic N) is 4. The highest BCUT2D eigenvalue weighted by Crippen LogP contribution is 2.40. The first-order valence-electron chi connectivity index (χ1n) is 7.43. The molecule has 6 nitrogen and oxygen atoms in total. The Balaban J connectivity index is 1.54. The van der Waals surface area contributed by atoms with E-state index in [1.807, 2.05) is 6.92 Å². The molecule has 0 bridgehead atoms. The number of imidazole rings is 1. The molecule has 1 aliphatic carbocycles. The van der Waals surface area contributed by atoms with Crippen LogP contribution >= 0.6 is 22.7 Å². The van der Waals surface area contributed by atoms with Gasteiger partial charge in [0, 0.05) is 23.7 Å². The van der Waals surface area contributed by atoms with Crippen molar-refractivity contribution in [2.24, 2.45) is 0 Å². The highest BCUT2D eigenvalue weighted by atomic mass is 32.1. The van der Waals surface area contributed by atoms with Crippen molar-refractivity contribution in [2.45, 2.75) is 32.1 Å². The summed E-state index contributed by atoms with van der Waals surface area (Å²) < 4.78 is 1.38. The van der Waals surface area contributed by atoms with Crippen molar-refractivity contribution in [3.63, 3.8) is 0 Å². The number of nitrogens with one attached hydrogen (secondary N) is 1. The van der Waals surface area contributed by atoms with Gasteiger partial charge in [-0.2, -0.15) is 0 Å². The van der Waals surface area contributed by atoms with Crippen LogP contribution in [0.4, 0.5) is 9.93 Å². The summed E-state index contributed by atoms with van der Waals surface area (Å²) in [5.41, 5.74) is 1.86. The molecule has 1 N–H and O–H groups in total. The van der Waals surface area contributed by atoms with E-state index in [2.05, 4.69) is 20.7 Å². The third-order valence-corrected chi connectivity index (χ3v) is 6.06. The van der Waals surface area contributed by atoms with Crippen LogP contribution in [-0.2, 0) is 0 Å². The molecule has 0 spiro atoms. The summed E-state index contributed by atoms with van der Waals surface area (Å²) in [5, 5.41) is 6.69. The second-order valence-corrected chi connectivity index (χ2v) is 7.42. The standard InChI is InChI=1S/C15H15N5OS2/c1-9-12(11-7-22-13(18-11)10-3-2-4-10)23-14(17-9)19-15(21)20-6-5-16-8-20/h5-8,10H,2-4H2,1H3,(H,17,19,21). The number of rotatable bonds is 3. The van der Waals surface area contributed by atoms with Crippen molar-refractivity contribution < 1.29 is 4.79 Å². The van der Waals surface area contributed by atoms with Crippen molar-refractivity contribution in [3.8, 4) is 10.6 Å². The largest absolute Gasteiger partial charge is 0.333 e. The minimum absolute atomic E-state index is 0.267. The van der Waals surface area contributed by atoms with Crippen molar-refractivity contribution in [1.82, 2.24) is 19.5 Å². The van der Waals surface area contributed by atoms with Gasteiger partial charge in [0.2, 0.25) is 0 Å². The molecule has 23 heavy (non-hydrogen) atoms. The summed E-state index contributed by atoms with van der Waals surface area (Å²) in [4.78, 5) is 26.1. The lowest BCUT2D eigenvalue weighted by atomic mass is 9.86. The maximum absolute atomic E-state index is 12.0. The molecule has 3 aromatic rings. The lowest BCUT2D eigenvalue weighted by Crippen LogP contribution is -2.17. The highest BCUT2D eigenvalue weighted by Gasteiger charge is 2.23. The van der Waals surface area contributed by atoms with E-state index in [-0.39, 0.29) is 6.03 Å². The number of anilines is 1. The van der Waals surface area contributed by atoms with Gasteiger partial charge in [-0.05, 0) is 19.8 Å². The van der Waals surface area contributed by atoms with Crippen LogP contribution in [-0.4, -0.2) is 25.6 Å². The number of carbonyl (C=O) groups is 1. The van der Waals surface area contributed by atoms with Gasteiger partial charge in [0.15, 0.2) is 5.13 Å². The third kappa shape index (κ3) is 2.79. The Kier molecular flexibility index (Phi) is 3.70. The number of carbonyl (C=O) groups excluding carboxylic acids is 1. The fourth-order valence-electron chi connectivity index (χ4n) is 2.46. The second-order valence-electron chi connectivity index (χ2n) is 5.53. The third-order valence-electron chi connectivity index (χ3n) is 3.96. The van der Waals surface area contributed by atoms with Crippen LogP contribution in [0.25, 0.3) is 10.6 Å². The molecule has 0 atom stereocenters. The number of aromatic nitrogens is 4. The fourth-order valence-corrected chi connectivity index (χ4v) is 4.43. The predicted molar refractivity (Wildman–Crippen MR) is 91.2 cm³/mol. The zero-order valence-corrected chi connectivity index (χ0v) is 14.2. The van der Waals surface area contributed by atoms with E-state index >= 15 is 0 Å². The van der Waals surface area contributed by atoms with Gasteiger partial charge in [0.25, 0.3) is 0 Å². The average Bonchev–Trinajstić information content (AvgIpc) is 3.17. The summed E-state index contributed by atoms with van der Waals surface area (Å²) >= 11 is 3.18. The quantitative estimate of drug-likeness (QED) is 0.775. The molecule has 0 aromatic carbocycles. The summed E-state index contributed by atoms with van der Waals surface area (Å²) in [6, 6.07) is -0.267. The van der Waals surface area contributed by atoms with Crippen LogP contribution in [0.1, 0.15) is 35.9 Å². The summed E-state index contributed by atoms with van der Waals surface area (Å²) in [7, 11) is 0. The van der Waals surface area contributed by atoms with Gasteiger partial charge >= 0.3 is 6.03 Å². The van der Waals surface area contributed by atoms with Crippen LogP contribution in [0, 0.1) is 6.92 Å². The first-order chi connectivity index (χ1) is 11.2. The summed E-state index contributed by atoms with van der Waals surface area (Å²) in [5.74, 6) is 0.641. The topological polar surface area (TPSA) is 72.7 Å². The lowest BCUT2D eigenvalue weighted by molar-refractivity contribution is 0.253. The molecule has 0 radical (unpaired) electrons. The number of thiazole rings is 2. The van der Waals surface area contributed by atoms with Crippen LogP contribution < -0.4 is 5.32 Å². The maximum atomic E-state index is 12.0. The molecule has 118 valence electrons. The fraction of sp³-hybridized carbons (Fsp3) is 0.333. The zero-order chi connectivity index (χ0) is 15.8. The number of hydrogen-bond acceptors (Lipinski definition) is 6. The smallest absolute Gasteiger partial charge is 0.283 e. The number of hydrogen-bond donors (Lipinski definition) is 1. The molecule has 0 saturated heterocycles. The molecule has 0 unspecified atom stereocenters. The van der Waals surface area contributed by atoms with Crippen LogP contribution in [0.3, 0.4) is 0 Å². The molecule has 1 aliphatic rings. The molecule has 3 aromatic heterocycles. The molecular formula is C15H15N5OS2. The normalized spacial score (nSPS) is 14.7. The SMILES string of the molecule is Cc1nc(NC(=O)n2ccnc2)sc1-c1csc(C2CCC2)n1. The first kappa shape index (κ1) is 14.5. The lowest BCUT2D eigenvalue weighted by Gasteiger charge is -2.22. The molecule has 3 heterocycles. The molecule has 1 saturated carbocycles. The number of amides is 1. The monoisotopic (exact) mass is 345 g/mol. The van der Waals surface area contributed by atoms with Crippen LogP contribution in [0.15, 0.2) is 24.1 Å². The predicted octanol–water partition coefficient (Wildman–Crippen LogP) is 4.12. The molecular weight excluding hydrogens is 330 g/mol. The van der Waals surface area contributed by atoms with Crippen molar-refractivity contribution in [2.75, 3.05) is 5.32 Å². The Bertz CT molecular complexity index is 832. The van der Waals surface area contributed by atoms with Gasteiger partial charge in [-0.15, -0.1) is 11.3 Å². The van der Waals surface area contributed by atoms with E-state index in [0.29, 0.717) is 11.0 Å². The van der Waals surface area contributed by atoms with Crippen molar-refractivity contribution >= 4 is 33.8 Å². The number of aryl methyl sites for hydroxylation is 1. The van der Waals surface area contributed by atoms with Gasteiger partial charge in [-0.3, -0.25) is 9.88 Å². The van der Waals surface area contributed by atoms with Crippen LogP contribution in [0.5, 0.6) is 0 Å². The summed E-state index contributed by atoms with van der Waals surface area (Å²) in [6.45, 7) is 1.95. The summed E-state index contributed by atoms with van der Waals surface area (Å²) in [6.07, 6.45) is 8.44. The zero-order valence-electron chi connectivity index (χ0n) is 12.5. The van der Waals surface area contributed by atoms with E-state index in [4.69, 9.17) is 4.98 Å². The minimum atomic E-state index is -0.267. The van der Waals surface area contributed by atoms with E-state index < -0.39 is 0 Å². The Hall–Kier alpha value is -2.06. The Morgan fingerprint density at radius 1 is 1.39 bits per heavy atom. The maximum Gasteiger partial charge on any atom is 0.333 e. The van der Waals surface area contributed by atoms with Gasteiger partial charge < -0.3 is 0 Å². The first-order valence-corrected chi connectivity index (χ1v) is 9.13. The van der Waals surface area contributed by atoms with E-state index in [0.717, 1.165) is 16.3 Å². The van der Waals surface area contributed by atoms with Crippen LogP contribution in [0.2, 0.25) is 0 Å². The molecule has 4 rings (SSSR count). The van der Waals surface area contributed by atoms with Crippen molar-refractivity contribution in [1.29, 1.82) is 0 Å². The Morgan fingerprint density at radius 2 is 2.26 bits per heavy atom. The minimum Gasteiger partial charge on any atom is -0.283 e. The van der Waals surface area contributed by atoms with Gasteiger partial charge in [0.05, 0.1) is 21.3 Å². The molecule has 1 fully saturated rings. The van der Waals surface area contributed by atoms with Gasteiger partial charge in [0.1, 0.15) is 6.33 Å². The molecule has 1 amide bonds. The Morgan fingerprint density at radius 3 is 2.96 bits per heavy atom. The Labute approximate surface area is 141 Å². The molecule has 0 aliphatic heterocycles. The molecule has 8 heteroatoms. The average molecular weight is 345 g/mol. The van der Waals surface area contributed by atoms with Crippen molar-refractivity contribution in [3.05, 3.63) is 34.8 Å². The van der Waals surface area contributed by atoms with Gasteiger partial charge in [-0.25, -0.2) is 19.7 Å². The van der Waals surface area contributed by atoms with E-state index in [1.165, 1.54) is 46.5 Å².